The first-order valence-electron chi connectivity index (χ1n) is 11.6. The molecule has 4 N–H and O–H groups in total. The molecule has 2 heterocycles. The fourth-order valence-corrected chi connectivity index (χ4v) is 5.02. The van der Waals surface area contributed by atoms with Crippen LogP contribution in [0.5, 0.6) is 0 Å². The molecule has 40 heavy (non-hydrogen) atoms. The molecule has 0 saturated heterocycles. The number of hydrogen-bond donors (Lipinski definition) is 3. The largest absolute Gasteiger partial charge is 0.416 e. The molecule has 5 rings (SSSR count). The van der Waals surface area contributed by atoms with Crippen molar-refractivity contribution in [3.05, 3.63) is 104 Å². The number of anilines is 1. The number of halogens is 3. The lowest BCUT2D eigenvalue weighted by molar-refractivity contribution is -0.137. The topological polar surface area (TPSA) is 149 Å². The number of benzene rings is 3. The van der Waals surface area contributed by atoms with E-state index in [0.29, 0.717) is 28.1 Å². The first-order chi connectivity index (χ1) is 18.7. The highest BCUT2D eigenvalue weighted by Crippen LogP contribution is 2.36. The van der Waals surface area contributed by atoms with Gasteiger partial charge in [0.2, 0.25) is 10.0 Å². The number of nitrogens with zero attached hydrogens (tertiary/aromatic N) is 2. The molecule has 10 nitrogen and oxygen atoms in total. The van der Waals surface area contributed by atoms with Gasteiger partial charge in [0.1, 0.15) is 5.69 Å². The van der Waals surface area contributed by atoms with Gasteiger partial charge in [-0.15, -0.1) is 0 Å². The van der Waals surface area contributed by atoms with Crippen molar-refractivity contribution in [1.29, 1.82) is 0 Å². The van der Waals surface area contributed by atoms with Crippen molar-refractivity contribution in [2.45, 2.75) is 12.7 Å². The maximum absolute atomic E-state index is 13.8. The van der Waals surface area contributed by atoms with Crippen LogP contribution in [-0.4, -0.2) is 34.7 Å². The lowest BCUT2D eigenvalue weighted by Gasteiger charge is -2.13. The van der Waals surface area contributed by atoms with Crippen molar-refractivity contribution >= 4 is 43.4 Å². The van der Waals surface area contributed by atoms with Crippen LogP contribution in [0.15, 0.2) is 76.3 Å². The highest BCUT2D eigenvalue weighted by Gasteiger charge is 2.34. The third kappa shape index (κ3) is 4.84. The van der Waals surface area contributed by atoms with Crippen molar-refractivity contribution in [3.8, 4) is 5.69 Å². The number of nitrogen functional groups attached to an aromatic ring is 1. The van der Waals surface area contributed by atoms with Crippen LogP contribution in [0.2, 0.25) is 0 Å². The Labute approximate surface area is 223 Å². The second-order valence-electron chi connectivity index (χ2n) is 9.08. The Morgan fingerprint density at radius 1 is 1.00 bits per heavy atom. The van der Waals surface area contributed by atoms with Crippen LogP contribution in [0.1, 0.15) is 21.6 Å². The number of para-hydroxylation sites is 1. The summed E-state index contributed by atoms with van der Waals surface area (Å²) < 4.78 is 69.0. The van der Waals surface area contributed by atoms with Crippen LogP contribution in [0.4, 0.5) is 18.9 Å². The average Bonchev–Trinajstić information content (AvgIpc) is 3.16. The van der Waals surface area contributed by atoms with Crippen LogP contribution in [0.3, 0.4) is 0 Å². The normalized spacial score (nSPS) is 12.2. The Morgan fingerprint density at radius 2 is 1.73 bits per heavy atom. The number of carbonyl (C=O) groups is 1. The van der Waals surface area contributed by atoms with E-state index in [1.54, 1.807) is 35.1 Å². The van der Waals surface area contributed by atoms with Gasteiger partial charge in [-0.2, -0.15) is 13.2 Å². The van der Waals surface area contributed by atoms with Crippen LogP contribution < -0.4 is 21.7 Å². The van der Waals surface area contributed by atoms with E-state index >= 15 is 0 Å². The number of aromatic amines is 1. The quantitative estimate of drug-likeness (QED) is 0.276. The van der Waals surface area contributed by atoms with Gasteiger partial charge >= 0.3 is 11.9 Å². The Hall–Kier alpha value is -4.85. The molecule has 0 aliphatic heterocycles. The molecule has 0 saturated carbocycles. The highest BCUT2D eigenvalue weighted by atomic mass is 32.2. The molecule has 0 spiro atoms. The summed E-state index contributed by atoms with van der Waals surface area (Å²) in [6.07, 6.45) is -4.09. The SMILES string of the molecule is CS(=O)(=O)NC(=O)c1c(-n2c(=O)[nH]c3ccccc3c2=O)c2cc(C(F)(F)F)ccc2n1Cc1cccc(N)c1. The Morgan fingerprint density at radius 3 is 2.40 bits per heavy atom. The second kappa shape index (κ2) is 9.41. The molecular formula is C26H20F3N5O5S. The van der Waals surface area contributed by atoms with Gasteiger partial charge in [0.15, 0.2) is 0 Å². The van der Waals surface area contributed by atoms with Gasteiger partial charge in [0, 0.05) is 17.6 Å². The number of nitrogens with two attached hydrogens (primary N) is 1. The van der Waals surface area contributed by atoms with Crippen LogP contribution in [0, 0.1) is 0 Å². The molecule has 206 valence electrons. The summed E-state index contributed by atoms with van der Waals surface area (Å²) >= 11 is 0. The van der Waals surface area contributed by atoms with Crippen LogP contribution >= 0.6 is 0 Å². The molecule has 5 aromatic rings. The Bertz CT molecular complexity index is 2060. The molecular weight excluding hydrogens is 551 g/mol. The van der Waals surface area contributed by atoms with Crippen molar-refractivity contribution in [2.24, 2.45) is 0 Å². The van der Waals surface area contributed by atoms with Crippen LogP contribution in [-0.2, 0) is 22.7 Å². The second-order valence-corrected chi connectivity index (χ2v) is 10.8. The van der Waals surface area contributed by atoms with E-state index in [2.05, 4.69) is 4.98 Å². The summed E-state index contributed by atoms with van der Waals surface area (Å²) in [7, 11) is -4.18. The van der Waals surface area contributed by atoms with E-state index < -0.39 is 50.3 Å². The minimum Gasteiger partial charge on any atom is -0.399 e. The summed E-state index contributed by atoms with van der Waals surface area (Å²) in [5.74, 6) is -1.26. The van der Waals surface area contributed by atoms with E-state index in [9.17, 15) is 36.0 Å². The molecule has 1 amide bonds. The number of fused-ring (bicyclic) bond motifs is 2. The van der Waals surface area contributed by atoms with Crippen molar-refractivity contribution in [3.63, 3.8) is 0 Å². The zero-order valence-corrected chi connectivity index (χ0v) is 21.4. The first kappa shape index (κ1) is 26.7. The summed E-state index contributed by atoms with van der Waals surface area (Å²) in [5.41, 5.74) is 2.83. The summed E-state index contributed by atoms with van der Waals surface area (Å²) in [5, 5.41) is -0.263. The number of H-pyrrole nitrogens is 1. The lowest BCUT2D eigenvalue weighted by atomic mass is 10.1. The minimum atomic E-state index is -4.81. The first-order valence-corrected chi connectivity index (χ1v) is 13.5. The summed E-state index contributed by atoms with van der Waals surface area (Å²) in [6.45, 7) is -0.167. The number of aromatic nitrogens is 3. The van der Waals surface area contributed by atoms with E-state index in [1.165, 1.54) is 22.8 Å². The monoisotopic (exact) mass is 571 g/mol. The molecule has 0 aliphatic carbocycles. The molecule has 3 aromatic carbocycles. The molecule has 14 heteroatoms. The molecule has 0 bridgehead atoms. The van der Waals surface area contributed by atoms with Crippen LogP contribution in [0.25, 0.3) is 27.5 Å². The molecule has 0 radical (unpaired) electrons. The number of sulfonamides is 1. The zero-order valence-electron chi connectivity index (χ0n) is 20.6. The predicted octanol–water partition coefficient (Wildman–Crippen LogP) is 2.97. The van der Waals surface area contributed by atoms with E-state index in [-0.39, 0.29) is 28.4 Å². The summed E-state index contributed by atoms with van der Waals surface area (Å²) in [4.78, 5) is 42.8. The number of amides is 1. The van der Waals surface area contributed by atoms with Gasteiger partial charge in [0.05, 0.1) is 33.9 Å². The van der Waals surface area contributed by atoms with Crippen molar-refractivity contribution in [1.82, 2.24) is 18.8 Å². The summed E-state index contributed by atoms with van der Waals surface area (Å²) in [6, 6.07) is 14.9. The third-order valence-corrected chi connectivity index (χ3v) is 6.73. The fourth-order valence-electron chi connectivity index (χ4n) is 4.59. The van der Waals surface area contributed by atoms with E-state index in [1.807, 2.05) is 0 Å². The van der Waals surface area contributed by atoms with Gasteiger partial charge in [-0.3, -0.25) is 9.59 Å². The number of hydrogen-bond acceptors (Lipinski definition) is 6. The van der Waals surface area contributed by atoms with Gasteiger partial charge in [-0.25, -0.2) is 22.5 Å². The number of nitrogens with one attached hydrogen (secondary N) is 2. The van der Waals surface area contributed by atoms with Gasteiger partial charge in [-0.05, 0) is 48.0 Å². The van der Waals surface area contributed by atoms with Gasteiger partial charge in [-0.1, -0.05) is 24.3 Å². The zero-order chi connectivity index (χ0) is 29.0. The Balaban J connectivity index is 1.96. The number of carbonyl (C=O) groups excluding carboxylic acids is 1. The predicted molar refractivity (Wildman–Crippen MR) is 143 cm³/mol. The number of rotatable bonds is 5. The lowest BCUT2D eigenvalue weighted by Crippen LogP contribution is -2.37. The average molecular weight is 572 g/mol. The van der Waals surface area contributed by atoms with Gasteiger partial charge < -0.3 is 15.3 Å². The van der Waals surface area contributed by atoms with Crippen molar-refractivity contribution in [2.75, 3.05) is 12.0 Å². The van der Waals surface area contributed by atoms with E-state index in [4.69, 9.17) is 5.73 Å². The maximum atomic E-state index is 13.8. The number of alkyl halides is 3. The molecule has 0 unspecified atom stereocenters. The minimum absolute atomic E-state index is 0.0141. The third-order valence-electron chi connectivity index (χ3n) is 6.18. The molecule has 0 atom stereocenters. The van der Waals surface area contributed by atoms with E-state index in [0.717, 1.165) is 12.1 Å². The van der Waals surface area contributed by atoms with Crippen molar-refractivity contribution < 1.29 is 26.4 Å². The molecule has 0 aliphatic rings. The highest BCUT2D eigenvalue weighted by molar-refractivity contribution is 7.89. The smallest absolute Gasteiger partial charge is 0.399 e. The standard InChI is InChI=1S/C26H20F3N5O5S/c1-40(38,39)32-23(35)22-21(34-24(36)17-7-2-3-8-19(17)31-25(34)37)18-12-15(26(27,28)29)9-10-20(18)33(22)13-14-5-4-6-16(30)11-14/h2-12H,13,30H2,1H3,(H,31,37)(H,32,35). The maximum Gasteiger partial charge on any atom is 0.416 e. The molecule has 0 fully saturated rings. The van der Waals surface area contributed by atoms with Gasteiger partial charge in [0.25, 0.3) is 11.5 Å². The molecule has 2 aromatic heterocycles. The Kier molecular flexibility index (Phi) is 6.29. The fraction of sp³-hybridized carbons (Fsp3) is 0.115.